The third-order valence-electron chi connectivity index (χ3n) is 2.96. The van der Waals surface area contributed by atoms with Crippen molar-refractivity contribution in [2.45, 2.75) is 12.1 Å². The number of nitrogens with zero attached hydrogens (tertiary/aromatic N) is 3. The average Bonchev–Trinajstić information content (AvgIpc) is 2.84. The van der Waals surface area contributed by atoms with Crippen molar-refractivity contribution in [1.29, 1.82) is 0 Å². The number of fused-ring (bicyclic) bond motifs is 1. The van der Waals surface area contributed by atoms with Crippen molar-refractivity contribution in [3.8, 4) is 0 Å². The molecule has 1 fully saturated rings. The van der Waals surface area contributed by atoms with Crippen LogP contribution in [0.15, 0.2) is 11.1 Å². The summed E-state index contributed by atoms with van der Waals surface area (Å²) in [4.78, 5) is 22.0. The minimum Gasteiger partial charge on any atom is -0.390 e. The SMILES string of the molecule is Nc1nc2c(ncn2[C@H]2CNC[C@@H]2O)c(=O)[nH]1. The molecule has 2 atom stereocenters. The number of nitrogens with two attached hydrogens (primary N) is 1. The summed E-state index contributed by atoms with van der Waals surface area (Å²) in [6.07, 6.45) is 0.988. The molecule has 0 radical (unpaired) electrons. The number of rotatable bonds is 1. The highest BCUT2D eigenvalue weighted by atomic mass is 16.3. The zero-order chi connectivity index (χ0) is 12.0. The summed E-state index contributed by atoms with van der Waals surface area (Å²) < 4.78 is 1.69. The Morgan fingerprint density at radius 1 is 1.53 bits per heavy atom. The van der Waals surface area contributed by atoms with E-state index in [-0.39, 0.29) is 23.1 Å². The quantitative estimate of drug-likeness (QED) is 0.464. The molecule has 5 N–H and O–H groups in total. The highest BCUT2D eigenvalue weighted by Crippen LogP contribution is 2.19. The van der Waals surface area contributed by atoms with Crippen LogP contribution in [0.4, 0.5) is 5.95 Å². The molecule has 0 saturated carbocycles. The average molecular weight is 236 g/mol. The summed E-state index contributed by atoms with van der Waals surface area (Å²) in [5.41, 5.74) is 5.77. The van der Waals surface area contributed by atoms with Crippen LogP contribution in [0.25, 0.3) is 11.2 Å². The first-order valence-electron chi connectivity index (χ1n) is 5.28. The van der Waals surface area contributed by atoms with Crippen molar-refractivity contribution in [3.63, 3.8) is 0 Å². The molecule has 3 rings (SSSR count). The maximum absolute atomic E-state index is 11.6. The zero-order valence-electron chi connectivity index (χ0n) is 8.92. The highest BCUT2D eigenvalue weighted by Gasteiger charge is 2.28. The molecule has 0 amide bonds. The number of aromatic nitrogens is 4. The summed E-state index contributed by atoms with van der Waals surface area (Å²) in [5.74, 6) is 0.0460. The van der Waals surface area contributed by atoms with Crippen LogP contribution in [0.5, 0.6) is 0 Å². The van der Waals surface area contributed by atoms with E-state index in [1.807, 2.05) is 0 Å². The van der Waals surface area contributed by atoms with E-state index in [0.717, 1.165) is 0 Å². The van der Waals surface area contributed by atoms with Crippen LogP contribution in [-0.4, -0.2) is 43.8 Å². The van der Waals surface area contributed by atoms with Gasteiger partial charge in [0.25, 0.3) is 5.56 Å². The Balaban J connectivity index is 2.21. The second-order valence-electron chi connectivity index (χ2n) is 4.07. The van der Waals surface area contributed by atoms with E-state index in [9.17, 15) is 9.90 Å². The predicted octanol–water partition coefficient (Wildman–Crippen LogP) is -1.79. The molecule has 8 nitrogen and oxygen atoms in total. The van der Waals surface area contributed by atoms with Gasteiger partial charge in [0.2, 0.25) is 5.95 Å². The molecule has 0 aromatic carbocycles. The molecule has 2 aromatic heterocycles. The number of aliphatic hydroxyl groups is 1. The summed E-state index contributed by atoms with van der Waals surface area (Å²) >= 11 is 0. The second-order valence-corrected chi connectivity index (χ2v) is 4.07. The van der Waals surface area contributed by atoms with Gasteiger partial charge in [-0.1, -0.05) is 0 Å². The van der Waals surface area contributed by atoms with Gasteiger partial charge in [-0.2, -0.15) is 4.98 Å². The van der Waals surface area contributed by atoms with Gasteiger partial charge >= 0.3 is 0 Å². The lowest BCUT2D eigenvalue weighted by molar-refractivity contribution is 0.152. The van der Waals surface area contributed by atoms with E-state index >= 15 is 0 Å². The van der Waals surface area contributed by atoms with Gasteiger partial charge in [-0.25, -0.2) is 4.98 Å². The Bertz CT molecular complexity index is 617. The van der Waals surface area contributed by atoms with Crippen molar-refractivity contribution in [1.82, 2.24) is 24.8 Å². The first kappa shape index (κ1) is 10.2. The number of H-pyrrole nitrogens is 1. The van der Waals surface area contributed by atoms with E-state index < -0.39 is 6.10 Å². The molecule has 1 aliphatic rings. The minimum atomic E-state index is -0.519. The van der Waals surface area contributed by atoms with Gasteiger partial charge < -0.3 is 20.7 Å². The fourth-order valence-corrected chi connectivity index (χ4v) is 2.12. The van der Waals surface area contributed by atoms with Crippen LogP contribution in [-0.2, 0) is 0 Å². The third kappa shape index (κ3) is 1.49. The normalized spacial score (nSPS) is 24.5. The number of nitrogen functional groups attached to an aromatic ring is 1. The first-order valence-corrected chi connectivity index (χ1v) is 5.28. The minimum absolute atomic E-state index is 0.0460. The molecule has 1 saturated heterocycles. The van der Waals surface area contributed by atoms with Crippen LogP contribution >= 0.6 is 0 Å². The molecule has 0 aliphatic carbocycles. The topological polar surface area (TPSA) is 122 Å². The molecule has 1 aliphatic heterocycles. The molecule has 0 spiro atoms. The van der Waals surface area contributed by atoms with E-state index in [2.05, 4.69) is 20.3 Å². The molecule has 0 bridgehead atoms. The van der Waals surface area contributed by atoms with Crippen LogP contribution < -0.4 is 16.6 Å². The number of aromatic amines is 1. The molecule has 17 heavy (non-hydrogen) atoms. The lowest BCUT2D eigenvalue weighted by Gasteiger charge is -2.15. The van der Waals surface area contributed by atoms with Gasteiger partial charge in [0.05, 0.1) is 18.5 Å². The predicted molar refractivity (Wildman–Crippen MR) is 60.5 cm³/mol. The fourth-order valence-electron chi connectivity index (χ4n) is 2.12. The van der Waals surface area contributed by atoms with Gasteiger partial charge in [0, 0.05) is 13.1 Å². The van der Waals surface area contributed by atoms with Crippen LogP contribution in [0, 0.1) is 0 Å². The maximum atomic E-state index is 11.6. The summed E-state index contributed by atoms with van der Waals surface area (Å²) in [6.45, 7) is 1.13. The van der Waals surface area contributed by atoms with Crippen molar-refractivity contribution in [3.05, 3.63) is 16.7 Å². The number of aliphatic hydroxyl groups excluding tert-OH is 1. The van der Waals surface area contributed by atoms with Crippen LogP contribution in [0.3, 0.4) is 0 Å². The van der Waals surface area contributed by atoms with Gasteiger partial charge in [-0.05, 0) is 0 Å². The number of hydrogen-bond donors (Lipinski definition) is 4. The summed E-state index contributed by atoms with van der Waals surface area (Å²) in [7, 11) is 0. The van der Waals surface area contributed by atoms with Gasteiger partial charge in [0.15, 0.2) is 11.2 Å². The van der Waals surface area contributed by atoms with Gasteiger partial charge in [0.1, 0.15) is 0 Å². The van der Waals surface area contributed by atoms with E-state index in [1.165, 1.54) is 6.33 Å². The van der Waals surface area contributed by atoms with E-state index in [4.69, 9.17) is 5.73 Å². The summed E-state index contributed by atoms with van der Waals surface area (Å²) in [6, 6.07) is -0.173. The van der Waals surface area contributed by atoms with E-state index in [0.29, 0.717) is 18.7 Å². The van der Waals surface area contributed by atoms with E-state index in [1.54, 1.807) is 4.57 Å². The largest absolute Gasteiger partial charge is 0.390 e. The summed E-state index contributed by atoms with van der Waals surface area (Å²) in [5, 5.41) is 12.9. The Kier molecular flexibility index (Phi) is 2.13. The number of nitrogens with one attached hydrogen (secondary N) is 2. The second kappa shape index (κ2) is 3.54. The Labute approximate surface area is 95.5 Å². The number of β-amino-alcohol motifs (C(OH)–C–C–N with tert-alkyl or cyclic N) is 1. The molecular formula is C9H12N6O2. The van der Waals surface area contributed by atoms with Crippen molar-refractivity contribution >= 4 is 17.1 Å². The molecular weight excluding hydrogens is 224 g/mol. The molecule has 2 aromatic rings. The Hall–Kier alpha value is -1.93. The van der Waals surface area contributed by atoms with Gasteiger partial charge in [-0.3, -0.25) is 9.78 Å². The van der Waals surface area contributed by atoms with Gasteiger partial charge in [-0.15, -0.1) is 0 Å². The molecule has 90 valence electrons. The lowest BCUT2D eigenvalue weighted by Crippen LogP contribution is -2.22. The molecule has 0 unspecified atom stereocenters. The fraction of sp³-hybridized carbons (Fsp3) is 0.444. The number of imidazole rings is 1. The molecule has 8 heteroatoms. The van der Waals surface area contributed by atoms with Crippen LogP contribution in [0.2, 0.25) is 0 Å². The Morgan fingerprint density at radius 2 is 2.35 bits per heavy atom. The number of hydrogen-bond acceptors (Lipinski definition) is 6. The maximum Gasteiger partial charge on any atom is 0.280 e. The standard InChI is InChI=1S/C9H12N6O2/c10-9-13-7-6(8(17)14-9)12-3-15(7)4-1-11-2-5(4)16/h3-5,11,16H,1-2H2,(H3,10,13,14,17)/t4-,5-/m0/s1. The Morgan fingerprint density at radius 3 is 3.06 bits per heavy atom. The monoisotopic (exact) mass is 236 g/mol. The third-order valence-corrected chi connectivity index (χ3v) is 2.96. The van der Waals surface area contributed by atoms with Crippen molar-refractivity contribution < 1.29 is 5.11 Å². The zero-order valence-corrected chi connectivity index (χ0v) is 8.92. The smallest absolute Gasteiger partial charge is 0.280 e. The van der Waals surface area contributed by atoms with Crippen molar-refractivity contribution in [2.24, 2.45) is 0 Å². The lowest BCUT2D eigenvalue weighted by atomic mass is 10.2. The molecule has 3 heterocycles. The van der Waals surface area contributed by atoms with Crippen LogP contribution in [0.1, 0.15) is 6.04 Å². The highest BCUT2D eigenvalue weighted by molar-refractivity contribution is 5.70. The first-order chi connectivity index (χ1) is 8.16. The number of anilines is 1. The van der Waals surface area contributed by atoms with Crippen molar-refractivity contribution in [2.75, 3.05) is 18.8 Å².